The molecule has 1 N–H and O–H groups in total. The number of hydrogen-bond donors (Lipinski definition) is 1. The van der Waals surface area contributed by atoms with E-state index in [2.05, 4.69) is 0 Å². The van der Waals surface area contributed by atoms with Crippen molar-refractivity contribution in [3.8, 4) is 0 Å². The van der Waals surface area contributed by atoms with E-state index >= 15 is 0 Å². The molecule has 0 aliphatic carbocycles. The third-order valence-corrected chi connectivity index (χ3v) is 5.11. The van der Waals surface area contributed by atoms with Crippen molar-refractivity contribution in [1.82, 2.24) is 0 Å². The number of hydrogen-bond acceptors (Lipinski definition) is 6. The maximum atomic E-state index is 12.7. The van der Waals surface area contributed by atoms with E-state index in [0.717, 1.165) is 11.1 Å². The van der Waals surface area contributed by atoms with E-state index in [4.69, 9.17) is 18.9 Å². The van der Waals surface area contributed by atoms with Gasteiger partial charge >= 0.3 is 5.97 Å². The zero-order chi connectivity index (χ0) is 20.2. The molecule has 152 valence electrons. The molecule has 2 aliphatic heterocycles. The molecule has 2 aromatic carbocycles. The van der Waals surface area contributed by atoms with Gasteiger partial charge < -0.3 is 24.1 Å². The molecule has 6 nitrogen and oxygen atoms in total. The lowest BCUT2D eigenvalue weighted by Crippen LogP contribution is -2.50. The van der Waals surface area contributed by atoms with Gasteiger partial charge in [-0.2, -0.15) is 0 Å². The molecule has 0 spiro atoms. The predicted octanol–water partition coefficient (Wildman–Crippen LogP) is 2.91. The third kappa shape index (κ3) is 4.05. The van der Waals surface area contributed by atoms with Gasteiger partial charge in [-0.15, -0.1) is 0 Å². The van der Waals surface area contributed by atoms with Crippen LogP contribution in [0.1, 0.15) is 18.1 Å². The molecule has 0 bridgehead atoms. The van der Waals surface area contributed by atoms with Crippen LogP contribution >= 0.6 is 0 Å². The number of aliphatic hydroxyl groups excluding tert-OH is 1. The summed E-state index contributed by atoms with van der Waals surface area (Å²) in [6, 6.07) is 19.0. The zero-order valence-corrected chi connectivity index (χ0v) is 16.2. The maximum Gasteiger partial charge on any atom is 0.338 e. The fraction of sp³-hybridized carbons (Fsp3) is 0.348. The van der Waals surface area contributed by atoms with Gasteiger partial charge in [0.15, 0.2) is 6.29 Å². The molecule has 0 aromatic heterocycles. The van der Waals surface area contributed by atoms with Crippen LogP contribution in [-0.2, 0) is 30.3 Å². The molecular weight excluding hydrogens is 372 g/mol. The molecule has 0 radical (unpaired) electrons. The molecule has 0 unspecified atom stereocenters. The standard InChI is InChI=1S/C23H24O6/c1-2-26-22(25)18-17-14-28-23(27-13-15-9-5-3-6-10-15)19(24)21(17)29-20(18)16-11-7-4-8-12-16/h3-12,17,19,21,23-24H,2,13-14H2,1H3/t17-,19-,21+,23+/m1/s1. The van der Waals surface area contributed by atoms with Crippen LogP contribution in [-0.4, -0.2) is 42.8 Å². The van der Waals surface area contributed by atoms with Crippen molar-refractivity contribution >= 4 is 11.7 Å². The first-order valence-electron chi connectivity index (χ1n) is 9.77. The minimum absolute atomic E-state index is 0.200. The summed E-state index contributed by atoms with van der Waals surface area (Å²) in [5, 5.41) is 10.9. The second kappa shape index (κ2) is 8.78. The normalized spacial score (nSPS) is 26.0. The van der Waals surface area contributed by atoms with Crippen LogP contribution in [0.4, 0.5) is 0 Å². The summed E-state index contributed by atoms with van der Waals surface area (Å²) in [4.78, 5) is 12.7. The Morgan fingerprint density at radius 1 is 1.10 bits per heavy atom. The van der Waals surface area contributed by atoms with Crippen LogP contribution in [0.3, 0.4) is 0 Å². The zero-order valence-electron chi connectivity index (χ0n) is 16.2. The minimum Gasteiger partial charge on any atom is -0.486 e. The van der Waals surface area contributed by atoms with E-state index in [-0.39, 0.29) is 13.2 Å². The van der Waals surface area contributed by atoms with E-state index in [1.165, 1.54) is 0 Å². The molecular formula is C23H24O6. The number of rotatable bonds is 6. The number of benzene rings is 2. The van der Waals surface area contributed by atoms with Crippen LogP contribution in [0.25, 0.3) is 5.76 Å². The quantitative estimate of drug-likeness (QED) is 0.757. The van der Waals surface area contributed by atoms with Crippen LogP contribution in [0, 0.1) is 5.92 Å². The number of fused-ring (bicyclic) bond motifs is 1. The van der Waals surface area contributed by atoms with E-state index < -0.39 is 30.4 Å². The third-order valence-electron chi connectivity index (χ3n) is 5.11. The Morgan fingerprint density at radius 2 is 1.79 bits per heavy atom. The van der Waals surface area contributed by atoms with E-state index in [1.807, 2.05) is 60.7 Å². The van der Waals surface area contributed by atoms with E-state index in [1.54, 1.807) is 6.92 Å². The average Bonchev–Trinajstić information content (AvgIpc) is 3.15. The Balaban J connectivity index is 1.53. The lowest BCUT2D eigenvalue weighted by Gasteiger charge is -2.36. The van der Waals surface area contributed by atoms with E-state index in [9.17, 15) is 9.90 Å². The fourth-order valence-corrected chi connectivity index (χ4v) is 3.72. The summed E-state index contributed by atoms with van der Waals surface area (Å²) >= 11 is 0. The molecule has 2 aliphatic rings. The van der Waals surface area contributed by atoms with Gasteiger partial charge in [-0.25, -0.2) is 4.79 Å². The summed E-state index contributed by atoms with van der Waals surface area (Å²) in [6.45, 7) is 2.52. The second-order valence-electron chi connectivity index (χ2n) is 7.01. The second-order valence-corrected chi connectivity index (χ2v) is 7.01. The van der Waals surface area contributed by atoms with Gasteiger partial charge in [-0.05, 0) is 12.5 Å². The molecule has 1 saturated heterocycles. The van der Waals surface area contributed by atoms with Crippen molar-refractivity contribution in [2.75, 3.05) is 13.2 Å². The van der Waals surface area contributed by atoms with Gasteiger partial charge in [0.2, 0.25) is 0 Å². The lowest BCUT2D eigenvalue weighted by atomic mass is 9.89. The molecule has 2 heterocycles. The minimum atomic E-state index is -1.04. The Hall–Kier alpha value is -2.67. The first kappa shape index (κ1) is 19.6. The summed E-state index contributed by atoms with van der Waals surface area (Å²) in [7, 11) is 0. The number of aliphatic hydroxyl groups is 1. The maximum absolute atomic E-state index is 12.7. The van der Waals surface area contributed by atoms with Gasteiger partial charge in [0.05, 0.1) is 31.3 Å². The van der Waals surface area contributed by atoms with Crippen molar-refractivity contribution in [3.05, 3.63) is 77.4 Å². The highest BCUT2D eigenvalue weighted by molar-refractivity contribution is 5.98. The van der Waals surface area contributed by atoms with Crippen LogP contribution < -0.4 is 0 Å². The van der Waals surface area contributed by atoms with Crippen LogP contribution in [0.2, 0.25) is 0 Å². The Bertz CT molecular complexity index is 863. The van der Waals surface area contributed by atoms with Gasteiger partial charge in [0.1, 0.15) is 18.0 Å². The average molecular weight is 396 g/mol. The van der Waals surface area contributed by atoms with Crippen molar-refractivity contribution in [2.45, 2.75) is 32.0 Å². The lowest BCUT2D eigenvalue weighted by molar-refractivity contribution is -0.254. The van der Waals surface area contributed by atoms with Crippen molar-refractivity contribution in [2.24, 2.45) is 5.92 Å². The molecule has 1 fully saturated rings. The largest absolute Gasteiger partial charge is 0.486 e. The first-order valence-corrected chi connectivity index (χ1v) is 9.77. The molecule has 6 heteroatoms. The summed E-state index contributed by atoms with van der Waals surface area (Å²) in [5.41, 5.74) is 2.15. The summed E-state index contributed by atoms with van der Waals surface area (Å²) < 4.78 is 22.9. The highest BCUT2D eigenvalue weighted by Gasteiger charge is 2.51. The number of carbonyl (C=O) groups is 1. The molecule has 0 saturated carbocycles. The van der Waals surface area contributed by atoms with Crippen molar-refractivity contribution in [1.29, 1.82) is 0 Å². The molecule has 29 heavy (non-hydrogen) atoms. The van der Waals surface area contributed by atoms with E-state index in [0.29, 0.717) is 17.9 Å². The molecule has 4 atom stereocenters. The highest BCUT2D eigenvalue weighted by atomic mass is 16.7. The SMILES string of the molecule is CCOC(=O)C1=C(c2ccccc2)O[C@@H]2[C@@H](O)[C@@H](OCc3ccccc3)OC[C@H]12. The van der Waals surface area contributed by atoms with Crippen LogP contribution in [0.15, 0.2) is 66.2 Å². The van der Waals surface area contributed by atoms with Crippen LogP contribution in [0.5, 0.6) is 0 Å². The molecule has 2 aromatic rings. The first-order chi connectivity index (χ1) is 14.2. The van der Waals surface area contributed by atoms with Gasteiger partial charge in [0, 0.05) is 5.56 Å². The topological polar surface area (TPSA) is 74.2 Å². The number of esters is 1. The van der Waals surface area contributed by atoms with Crippen molar-refractivity contribution in [3.63, 3.8) is 0 Å². The highest BCUT2D eigenvalue weighted by Crippen LogP contribution is 2.42. The fourth-order valence-electron chi connectivity index (χ4n) is 3.72. The Labute approximate surface area is 169 Å². The Kier molecular flexibility index (Phi) is 5.94. The predicted molar refractivity (Wildman–Crippen MR) is 105 cm³/mol. The van der Waals surface area contributed by atoms with Gasteiger partial charge in [-0.3, -0.25) is 0 Å². The van der Waals surface area contributed by atoms with Gasteiger partial charge in [-0.1, -0.05) is 60.7 Å². The molecule has 4 rings (SSSR count). The van der Waals surface area contributed by atoms with Crippen molar-refractivity contribution < 1.29 is 28.8 Å². The smallest absolute Gasteiger partial charge is 0.338 e. The Morgan fingerprint density at radius 3 is 2.48 bits per heavy atom. The number of carbonyl (C=O) groups excluding carboxylic acids is 1. The van der Waals surface area contributed by atoms with Gasteiger partial charge in [0.25, 0.3) is 0 Å². The summed E-state index contributed by atoms with van der Waals surface area (Å²) in [5.74, 6) is -0.431. The molecule has 0 amide bonds. The number of ether oxygens (including phenoxy) is 4. The monoisotopic (exact) mass is 396 g/mol. The summed E-state index contributed by atoms with van der Waals surface area (Å²) in [6.07, 6.45) is -2.52.